The van der Waals surface area contributed by atoms with Gasteiger partial charge in [-0.05, 0) is 35.7 Å². The Morgan fingerprint density at radius 3 is 2.80 bits per heavy atom. The zero-order valence-electron chi connectivity index (χ0n) is 8.65. The van der Waals surface area contributed by atoms with Gasteiger partial charge in [0, 0.05) is 0 Å². The van der Waals surface area contributed by atoms with Crippen molar-refractivity contribution in [1.82, 2.24) is 5.32 Å². The van der Waals surface area contributed by atoms with Gasteiger partial charge in [0.05, 0.1) is 6.04 Å². The van der Waals surface area contributed by atoms with Crippen molar-refractivity contribution in [2.24, 2.45) is 5.92 Å². The van der Waals surface area contributed by atoms with Crippen molar-refractivity contribution in [2.75, 3.05) is 0 Å². The molecule has 0 saturated heterocycles. The zero-order valence-corrected chi connectivity index (χ0v) is 9.46. The molecule has 1 heterocycles. The summed E-state index contributed by atoms with van der Waals surface area (Å²) in [4.78, 5) is 0. The van der Waals surface area contributed by atoms with Crippen molar-refractivity contribution >= 4 is 18.5 Å². The minimum absolute atomic E-state index is 0. The van der Waals surface area contributed by atoms with Gasteiger partial charge in [0.2, 0.25) is 0 Å². The molecule has 0 radical (unpaired) electrons. The molecule has 1 aliphatic carbocycles. The summed E-state index contributed by atoms with van der Waals surface area (Å²) in [5.74, 6) is 0.979. The van der Waals surface area contributed by atoms with Crippen molar-refractivity contribution < 1.29 is 0 Å². The minimum atomic E-state index is 0. The molecule has 0 amide bonds. The molecule has 0 spiro atoms. The molecule has 1 aromatic rings. The zero-order chi connectivity index (χ0) is 9.38. The molecule has 15 heavy (non-hydrogen) atoms. The number of hydrogen-bond donors (Lipinski definition) is 1. The van der Waals surface area contributed by atoms with Crippen LogP contribution in [0, 0.1) is 5.92 Å². The van der Waals surface area contributed by atoms with E-state index < -0.39 is 0 Å². The van der Waals surface area contributed by atoms with E-state index in [2.05, 4.69) is 41.9 Å². The van der Waals surface area contributed by atoms with E-state index in [1.54, 1.807) is 0 Å². The summed E-state index contributed by atoms with van der Waals surface area (Å²) in [5.41, 5.74) is 2.86. The summed E-state index contributed by atoms with van der Waals surface area (Å²) < 4.78 is 0. The molecule has 3 rings (SSSR count). The van der Waals surface area contributed by atoms with Gasteiger partial charge >= 0.3 is 0 Å². The first-order valence-electron chi connectivity index (χ1n) is 5.45. The molecule has 1 N–H and O–H groups in total. The van der Waals surface area contributed by atoms with Crippen LogP contribution in [0.1, 0.15) is 36.4 Å². The Kier molecular flexibility index (Phi) is 3.01. The van der Waals surface area contributed by atoms with E-state index in [0.29, 0.717) is 6.04 Å². The number of nitrogens with one attached hydrogen (secondary N) is 1. The second-order valence-corrected chi connectivity index (χ2v) is 4.36. The Morgan fingerprint density at radius 1 is 1.20 bits per heavy atom. The highest BCUT2D eigenvalue weighted by Gasteiger charge is 2.27. The van der Waals surface area contributed by atoms with Crippen LogP contribution in [0.2, 0.25) is 0 Å². The predicted molar refractivity (Wildman–Crippen MR) is 65.9 cm³/mol. The van der Waals surface area contributed by atoms with E-state index in [1.807, 2.05) is 0 Å². The van der Waals surface area contributed by atoms with Crippen LogP contribution in [-0.2, 0) is 0 Å². The molecule has 1 aliphatic heterocycles. The fourth-order valence-electron chi connectivity index (χ4n) is 2.21. The molecule has 1 unspecified atom stereocenters. The molecule has 2 heteroatoms. The summed E-state index contributed by atoms with van der Waals surface area (Å²) in [7, 11) is 0. The third-order valence-electron chi connectivity index (χ3n) is 3.20. The van der Waals surface area contributed by atoms with Gasteiger partial charge in [0.15, 0.2) is 0 Å². The number of fused-ring (bicyclic) bond motifs is 1. The first-order chi connectivity index (χ1) is 6.93. The molecule has 1 aromatic carbocycles. The standard InChI is InChI=1S/C13H15N.ClH/c1-2-4-12-11(3-1)7-8-14-13(12)9-10-5-6-10;/h1-4,7-8,10,13-14H,5-6,9H2;1H. The molecule has 1 saturated carbocycles. The Balaban J connectivity index is 0.000000853. The number of hydrogen-bond acceptors (Lipinski definition) is 1. The van der Waals surface area contributed by atoms with Crippen molar-refractivity contribution in [3.63, 3.8) is 0 Å². The maximum atomic E-state index is 3.47. The summed E-state index contributed by atoms with van der Waals surface area (Å²) in [5, 5.41) is 3.47. The maximum absolute atomic E-state index is 3.47. The lowest BCUT2D eigenvalue weighted by Gasteiger charge is -2.23. The summed E-state index contributed by atoms with van der Waals surface area (Å²) in [6.07, 6.45) is 8.43. The van der Waals surface area contributed by atoms with E-state index in [0.717, 1.165) is 5.92 Å². The first kappa shape index (κ1) is 10.6. The van der Waals surface area contributed by atoms with E-state index in [4.69, 9.17) is 0 Å². The van der Waals surface area contributed by atoms with Gasteiger partial charge in [0.1, 0.15) is 0 Å². The summed E-state index contributed by atoms with van der Waals surface area (Å²) in [6.45, 7) is 0. The van der Waals surface area contributed by atoms with Gasteiger partial charge in [-0.25, -0.2) is 0 Å². The van der Waals surface area contributed by atoms with Gasteiger partial charge < -0.3 is 5.32 Å². The average molecular weight is 222 g/mol. The van der Waals surface area contributed by atoms with Crippen LogP contribution >= 0.6 is 12.4 Å². The Hall–Kier alpha value is -0.950. The Morgan fingerprint density at radius 2 is 2.00 bits per heavy atom. The molecule has 1 atom stereocenters. The van der Waals surface area contributed by atoms with E-state index in [9.17, 15) is 0 Å². The highest BCUT2D eigenvalue weighted by Crippen LogP contribution is 2.39. The molecule has 80 valence electrons. The quantitative estimate of drug-likeness (QED) is 0.806. The number of benzene rings is 1. The van der Waals surface area contributed by atoms with Crippen LogP contribution in [0.4, 0.5) is 0 Å². The summed E-state index contributed by atoms with van der Waals surface area (Å²) >= 11 is 0. The second-order valence-electron chi connectivity index (χ2n) is 4.36. The average Bonchev–Trinajstić information content (AvgIpc) is 3.03. The maximum Gasteiger partial charge on any atom is 0.0516 e. The van der Waals surface area contributed by atoms with Crippen LogP contribution in [-0.4, -0.2) is 0 Å². The molecule has 1 nitrogen and oxygen atoms in total. The molecule has 2 aliphatic rings. The highest BCUT2D eigenvalue weighted by atomic mass is 35.5. The van der Waals surface area contributed by atoms with Gasteiger partial charge in [-0.3, -0.25) is 0 Å². The highest BCUT2D eigenvalue weighted by molar-refractivity contribution is 5.85. The lowest BCUT2D eigenvalue weighted by atomic mass is 9.94. The number of halogens is 1. The van der Waals surface area contributed by atoms with E-state index in [-0.39, 0.29) is 12.4 Å². The van der Waals surface area contributed by atoms with E-state index in [1.165, 1.54) is 30.4 Å². The second kappa shape index (κ2) is 4.28. The molecule has 1 fully saturated rings. The Bertz CT molecular complexity index is 369. The fourth-order valence-corrected chi connectivity index (χ4v) is 2.21. The van der Waals surface area contributed by atoms with Crippen molar-refractivity contribution in [3.05, 3.63) is 41.6 Å². The van der Waals surface area contributed by atoms with Crippen molar-refractivity contribution in [3.8, 4) is 0 Å². The monoisotopic (exact) mass is 221 g/mol. The largest absolute Gasteiger partial charge is 0.384 e. The van der Waals surface area contributed by atoms with Crippen LogP contribution in [0.5, 0.6) is 0 Å². The van der Waals surface area contributed by atoms with Gasteiger partial charge in [0.25, 0.3) is 0 Å². The minimum Gasteiger partial charge on any atom is -0.384 e. The lowest BCUT2D eigenvalue weighted by molar-refractivity contribution is 0.528. The third kappa shape index (κ3) is 2.18. The molecular formula is C13H16ClN. The van der Waals surface area contributed by atoms with Crippen LogP contribution in [0.3, 0.4) is 0 Å². The topological polar surface area (TPSA) is 12.0 Å². The van der Waals surface area contributed by atoms with Gasteiger partial charge in [-0.2, -0.15) is 0 Å². The smallest absolute Gasteiger partial charge is 0.0516 e. The lowest BCUT2D eigenvalue weighted by Crippen LogP contribution is -2.19. The molecule has 0 bridgehead atoms. The summed E-state index contributed by atoms with van der Waals surface area (Å²) in [6, 6.07) is 9.26. The SMILES string of the molecule is C1=Cc2ccccc2C(CC2CC2)N1.Cl. The molecular weight excluding hydrogens is 206 g/mol. The van der Waals surface area contributed by atoms with Gasteiger partial charge in [-0.1, -0.05) is 37.1 Å². The predicted octanol–water partition coefficient (Wildman–Crippen LogP) is 3.52. The fraction of sp³-hybridized carbons (Fsp3) is 0.385. The van der Waals surface area contributed by atoms with Crippen LogP contribution < -0.4 is 5.32 Å². The normalized spacial score (nSPS) is 22.5. The van der Waals surface area contributed by atoms with Crippen LogP contribution in [0.15, 0.2) is 30.5 Å². The van der Waals surface area contributed by atoms with Gasteiger partial charge in [-0.15, -0.1) is 12.4 Å². The third-order valence-corrected chi connectivity index (χ3v) is 3.20. The van der Waals surface area contributed by atoms with Crippen molar-refractivity contribution in [1.29, 1.82) is 0 Å². The van der Waals surface area contributed by atoms with E-state index >= 15 is 0 Å². The Labute approximate surface area is 97.0 Å². The molecule has 0 aromatic heterocycles. The number of rotatable bonds is 2. The van der Waals surface area contributed by atoms with Crippen molar-refractivity contribution in [2.45, 2.75) is 25.3 Å². The van der Waals surface area contributed by atoms with Crippen LogP contribution in [0.25, 0.3) is 6.08 Å². The first-order valence-corrected chi connectivity index (χ1v) is 5.45.